The summed E-state index contributed by atoms with van der Waals surface area (Å²) in [6, 6.07) is 11.2. The summed E-state index contributed by atoms with van der Waals surface area (Å²) in [6.07, 6.45) is -0.794. The highest BCUT2D eigenvalue weighted by Crippen LogP contribution is 2.21. The number of ketones is 1. The molecular weight excluding hydrogens is 373 g/mol. The SMILES string of the molecule is C[C@@H](Oc1ccc(S(=O)(=O)N2CCOCC2)cc1)C(=O)c1ccc(F)cc1. The molecule has 0 spiro atoms. The van der Waals surface area contributed by atoms with Crippen molar-refractivity contribution < 1.29 is 27.1 Å². The summed E-state index contributed by atoms with van der Waals surface area (Å²) in [5.41, 5.74) is 0.343. The van der Waals surface area contributed by atoms with Crippen molar-refractivity contribution in [1.82, 2.24) is 4.31 Å². The maximum Gasteiger partial charge on any atom is 0.243 e. The first kappa shape index (κ1) is 19.5. The van der Waals surface area contributed by atoms with Crippen LogP contribution in [0.1, 0.15) is 17.3 Å². The van der Waals surface area contributed by atoms with Gasteiger partial charge in [-0.15, -0.1) is 0 Å². The number of sulfonamides is 1. The van der Waals surface area contributed by atoms with Crippen LogP contribution in [0.3, 0.4) is 0 Å². The summed E-state index contributed by atoms with van der Waals surface area (Å²) < 4.78 is 50.3. The number of Topliss-reactive ketones (excluding diaryl/α,β-unsaturated/α-hetero) is 1. The molecule has 1 heterocycles. The van der Waals surface area contributed by atoms with Gasteiger partial charge in [-0.25, -0.2) is 12.8 Å². The number of carbonyl (C=O) groups is 1. The van der Waals surface area contributed by atoms with E-state index in [-0.39, 0.29) is 10.7 Å². The molecule has 0 saturated carbocycles. The molecule has 1 saturated heterocycles. The molecule has 0 unspecified atom stereocenters. The van der Waals surface area contributed by atoms with E-state index in [1.807, 2.05) is 0 Å². The lowest BCUT2D eigenvalue weighted by Gasteiger charge is -2.26. The number of hydrogen-bond acceptors (Lipinski definition) is 5. The molecule has 1 aliphatic rings. The first-order chi connectivity index (χ1) is 12.9. The maximum atomic E-state index is 13.0. The molecule has 1 fully saturated rings. The summed E-state index contributed by atoms with van der Waals surface area (Å²) in [7, 11) is -3.58. The van der Waals surface area contributed by atoms with Crippen LogP contribution >= 0.6 is 0 Å². The summed E-state index contributed by atoms with van der Waals surface area (Å²) in [5.74, 6) is -0.337. The van der Waals surface area contributed by atoms with Crippen LogP contribution in [-0.2, 0) is 14.8 Å². The zero-order valence-electron chi connectivity index (χ0n) is 14.8. The van der Waals surface area contributed by atoms with Crippen LogP contribution in [0.25, 0.3) is 0 Å². The van der Waals surface area contributed by atoms with Gasteiger partial charge in [-0.2, -0.15) is 4.31 Å². The van der Waals surface area contributed by atoms with Gasteiger partial charge in [0.25, 0.3) is 0 Å². The van der Waals surface area contributed by atoms with Crippen molar-refractivity contribution in [3.63, 3.8) is 0 Å². The van der Waals surface area contributed by atoms with Gasteiger partial charge in [-0.3, -0.25) is 4.79 Å². The number of benzene rings is 2. The Bertz CT molecular complexity index is 891. The molecule has 0 amide bonds. The van der Waals surface area contributed by atoms with Gasteiger partial charge in [0.2, 0.25) is 15.8 Å². The normalized spacial score (nSPS) is 16.7. The fraction of sp³-hybridized carbons (Fsp3) is 0.316. The van der Waals surface area contributed by atoms with Crippen molar-refractivity contribution in [3.05, 3.63) is 59.9 Å². The van der Waals surface area contributed by atoms with Gasteiger partial charge in [0, 0.05) is 18.7 Å². The third kappa shape index (κ3) is 4.52. The Morgan fingerprint density at radius 1 is 1.07 bits per heavy atom. The van der Waals surface area contributed by atoms with Gasteiger partial charge in [0.1, 0.15) is 11.6 Å². The number of nitrogens with zero attached hydrogens (tertiary/aromatic N) is 1. The first-order valence-electron chi connectivity index (χ1n) is 8.52. The minimum atomic E-state index is -3.58. The lowest BCUT2D eigenvalue weighted by Crippen LogP contribution is -2.40. The van der Waals surface area contributed by atoms with Crippen LogP contribution in [0.5, 0.6) is 5.75 Å². The monoisotopic (exact) mass is 393 g/mol. The molecule has 6 nitrogen and oxygen atoms in total. The standard InChI is InChI=1S/C19H20FNO5S/c1-14(19(22)15-2-4-16(20)5-3-15)26-17-6-8-18(9-7-17)27(23,24)21-10-12-25-13-11-21/h2-9,14H,10-13H2,1H3/t14-/m1/s1. The van der Waals surface area contributed by atoms with Gasteiger partial charge in [0.15, 0.2) is 6.10 Å². The summed E-state index contributed by atoms with van der Waals surface area (Å²) in [4.78, 5) is 12.5. The van der Waals surface area contributed by atoms with Gasteiger partial charge in [-0.1, -0.05) is 0 Å². The summed E-state index contributed by atoms with van der Waals surface area (Å²) in [6.45, 7) is 2.99. The first-order valence-corrected chi connectivity index (χ1v) is 9.96. The van der Waals surface area contributed by atoms with E-state index in [0.717, 1.165) is 0 Å². The molecule has 1 atom stereocenters. The Labute approximate surface area is 157 Å². The van der Waals surface area contributed by atoms with Gasteiger partial charge < -0.3 is 9.47 Å². The number of halogens is 1. The van der Waals surface area contributed by atoms with E-state index in [0.29, 0.717) is 37.6 Å². The van der Waals surface area contributed by atoms with Crippen molar-refractivity contribution in [1.29, 1.82) is 0 Å². The Kier molecular flexibility index (Phi) is 5.88. The summed E-state index contributed by atoms with van der Waals surface area (Å²) >= 11 is 0. The molecular formula is C19H20FNO5S. The number of hydrogen-bond donors (Lipinski definition) is 0. The van der Waals surface area contributed by atoms with E-state index >= 15 is 0 Å². The second-order valence-corrected chi connectivity index (χ2v) is 8.06. The van der Waals surface area contributed by atoms with Gasteiger partial charge in [-0.05, 0) is 55.5 Å². The molecule has 27 heavy (non-hydrogen) atoms. The zero-order valence-corrected chi connectivity index (χ0v) is 15.6. The van der Waals surface area contributed by atoms with E-state index < -0.39 is 21.9 Å². The van der Waals surface area contributed by atoms with Crippen molar-refractivity contribution in [3.8, 4) is 5.75 Å². The van der Waals surface area contributed by atoms with Crippen LogP contribution in [0.15, 0.2) is 53.4 Å². The number of rotatable bonds is 6. The highest BCUT2D eigenvalue weighted by atomic mass is 32.2. The molecule has 3 rings (SSSR count). The third-order valence-corrected chi connectivity index (χ3v) is 6.16. The maximum absolute atomic E-state index is 13.0. The topological polar surface area (TPSA) is 72.9 Å². The smallest absolute Gasteiger partial charge is 0.243 e. The predicted molar refractivity (Wildman–Crippen MR) is 96.8 cm³/mol. The Morgan fingerprint density at radius 3 is 2.26 bits per heavy atom. The molecule has 0 aliphatic carbocycles. The van der Waals surface area contributed by atoms with Crippen LogP contribution in [0.2, 0.25) is 0 Å². The Morgan fingerprint density at radius 2 is 1.67 bits per heavy atom. The van der Waals surface area contributed by atoms with Crippen LogP contribution in [-0.4, -0.2) is 50.9 Å². The second-order valence-electron chi connectivity index (χ2n) is 6.12. The lowest BCUT2D eigenvalue weighted by atomic mass is 10.1. The predicted octanol–water partition coefficient (Wildman–Crippen LogP) is 2.50. The lowest BCUT2D eigenvalue weighted by molar-refractivity contribution is 0.0730. The van der Waals surface area contributed by atoms with Crippen LogP contribution < -0.4 is 4.74 Å². The minimum Gasteiger partial charge on any atom is -0.483 e. The summed E-state index contributed by atoms with van der Waals surface area (Å²) in [5, 5.41) is 0. The molecule has 0 radical (unpaired) electrons. The zero-order chi connectivity index (χ0) is 19.4. The number of ether oxygens (including phenoxy) is 2. The van der Waals surface area contributed by atoms with Gasteiger partial charge >= 0.3 is 0 Å². The van der Waals surface area contributed by atoms with Crippen LogP contribution in [0, 0.1) is 5.82 Å². The fourth-order valence-corrected chi connectivity index (χ4v) is 4.14. The molecule has 1 aliphatic heterocycles. The molecule has 144 valence electrons. The molecule has 0 bridgehead atoms. The van der Waals surface area contributed by atoms with Crippen molar-refractivity contribution in [2.75, 3.05) is 26.3 Å². The highest BCUT2D eigenvalue weighted by molar-refractivity contribution is 7.89. The quantitative estimate of drug-likeness (QED) is 0.705. The Hall–Kier alpha value is -2.29. The highest BCUT2D eigenvalue weighted by Gasteiger charge is 2.26. The molecule has 2 aromatic rings. The van der Waals surface area contributed by atoms with Crippen LogP contribution in [0.4, 0.5) is 4.39 Å². The van der Waals surface area contributed by atoms with E-state index in [2.05, 4.69) is 0 Å². The third-order valence-electron chi connectivity index (χ3n) is 4.24. The average Bonchev–Trinajstić information content (AvgIpc) is 2.69. The molecule has 0 aromatic heterocycles. The molecule has 8 heteroatoms. The average molecular weight is 393 g/mol. The largest absolute Gasteiger partial charge is 0.483 e. The fourth-order valence-electron chi connectivity index (χ4n) is 2.73. The van der Waals surface area contributed by atoms with Gasteiger partial charge in [0.05, 0.1) is 18.1 Å². The van der Waals surface area contributed by atoms with E-state index in [9.17, 15) is 17.6 Å². The van der Waals surface area contributed by atoms with Crippen molar-refractivity contribution in [2.45, 2.75) is 17.9 Å². The van der Waals surface area contributed by atoms with E-state index in [1.54, 1.807) is 6.92 Å². The van der Waals surface area contributed by atoms with Crippen molar-refractivity contribution in [2.24, 2.45) is 0 Å². The van der Waals surface area contributed by atoms with Crippen molar-refractivity contribution >= 4 is 15.8 Å². The number of morpholine rings is 1. The number of carbonyl (C=O) groups excluding carboxylic acids is 1. The molecule has 0 N–H and O–H groups in total. The second kappa shape index (κ2) is 8.16. The Balaban J connectivity index is 1.68. The van der Waals surface area contributed by atoms with E-state index in [1.165, 1.54) is 52.8 Å². The minimum absolute atomic E-state index is 0.161. The van der Waals surface area contributed by atoms with E-state index in [4.69, 9.17) is 9.47 Å². The molecule has 2 aromatic carbocycles.